The monoisotopic (exact) mass is 342 g/mol. The Morgan fingerprint density at radius 3 is 2.31 bits per heavy atom. The average Bonchev–Trinajstić information content (AvgIpc) is 3.14. The molecular formula is C18H10N6O2. The smallest absolute Gasteiger partial charge is 0.261 e. The van der Waals surface area contributed by atoms with Gasteiger partial charge >= 0.3 is 0 Å². The lowest BCUT2D eigenvalue weighted by atomic mass is 10.1. The predicted molar refractivity (Wildman–Crippen MR) is 91.1 cm³/mol. The van der Waals surface area contributed by atoms with Crippen molar-refractivity contribution in [2.45, 2.75) is 6.54 Å². The van der Waals surface area contributed by atoms with Gasteiger partial charge in [-0.3, -0.25) is 14.5 Å². The zero-order valence-electron chi connectivity index (χ0n) is 13.3. The Morgan fingerprint density at radius 2 is 1.54 bits per heavy atom. The molecule has 8 nitrogen and oxygen atoms in total. The quantitative estimate of drug-likeness (QED) is 0.511. The van der Waals surface area contributed by atoms with E-state index in [2.05, 4.69) is 25.6 Å². The van der Waals surface area contributed by atoms with Crippen LogP contribution < -0.4 is 0 Å². The summed E-state index contributed by atoms with van der Waals surface area (Å²) in [7, 11) is 0. The van der Waals surface area contributed by atoms with E-state index in [0.717, 1.165) is 5.39 Å². The molecule has 2 aromatic carbocycles. The zero-order valence-corrected chi connectivity index (χ0v) is 13.3. The van der Waals surface area contributed by atoms with Gasteiger partial charge in [0.25, 0.3) is 11.8 Å². The summed E-state index contributed by atoms with van der Waals surface area (Å²) < 4.78 is 0. The summed E-state index contributed by atoms with van der Waals surface area (Å²) >= 11 is 0. The lowest BCUT2D eigenvalue weighted by Gasteiger charge is -2.14. The number of carbonyl (C=O) groups is 2. The molecule has 0 bridgehead atoms. The SMILES string of the molecule is O=C1c2ccccc2C(=O)N1Cc1cc2cccnnc2c2nnnc12. The van der Waals surface area contributed by atoms with Gasteiger partial charge in [-0.25, -0.2) is 0 Å². The van der Waals surface area contributed by atoms with Crippen LogP contribution in [0.2, 0.25) is 0 Å². The summed E-state index contributed by atoms with van der Waals surface area (Å²) in [6.07, 6.45) is 1.57. The van der Waals surface area contributed by atoms with Crippen molar-refractivity contribution in [3.8, 4) is 0 Å². The van der Waals surface area contributed by atoms with E-state index < -0.39 is 0 Å². The van der Waals surface area contributed by atoms with Gasteiger partial charge in [0.15, 0.2) is 0 Å². The third-order valence-corrected chi connectivity index (χ3v) is 4.44. The molecule has 0 fully saturated rings. The van der Waals surface area contributed by atoms with Crippen molar-refractivity contribution in [2.24, 2.45) is 0 Å². The Balaban J connectivity index is 1.66. The second kappa shape index (κ2) is 5.35. The Kier molecular flexibility index (Phi) is 2.99. The maximum absolute atomic E-state index is 12.6. The maximum atomic E-state index is 12.6. The number of fused-ring (bicyclic) bond motifs is 4. The third kappa shape index (κ3) is 1.99. The number of benzene rings is 2. The molecule has 0 unspecified atom stereocenters. The molecular weight excluding hydrogens is 332 g/mol. The predicted octanol–water partition coefficient (Wildman–Crippen LogP) is 1.76. The number of carbonyl (C=O) groups excluding carboxylic acids is 2. The summed E-state index contributed by atoms with van der Waals surface area (Å²) in [5.74, 6) is -0.630. The fourth-order valence-electron chi connectivity index (χ4n) is 3.23. The van der Waals surface area contributed by atoms with Gasteiger partial charge in [-0.2, -0.15) is 5.10 Å². The Morgan fingerprint density at radius 1 is 0.808 bits per heavy atom. The second-order valence-corrected chi connectivity index (χ2v) is 5.93. The molecule has 26 heavy (non-hydrogen) atoms. The van der Waals surface area contributed by atoms with Crippen molar-refractivity contribution < 1.29 is 9.59 Å². The maximum Gasteiger partial charge on any atom is 0.261 e. The highest BCUT2D eigenvalue weighted by atomic mass is 16.2. The molecule has 2 aromatic heterocycles. The zero-order chi connectivity index (χ0) is 17.7. The van der Waals surface area contributed by atoms with Gasteiger partial charge in [0.1, 0.15) is 16.6 Å². The van der Waals surface area contributed by atoms with Gasteiger partial charge in [-0.15, -0.1) is 15.3 Å². The molecule has 1 aliphatic rings. The van der Waals surface area contributed by atoms with Crippen LogP contribution in [0.15, 0.2) is 48.7 Å². The van der Waals surface area contributed by atoms with Crippen LogP contribution in [0.3, 0.4) is 0 Å². The van der Waals surface area contributed by atoms with Gasteiger partial charge in [0.05, 0.1) is 17.7 Å². The van der Waals surface area contributed by atoms with E-state index >= 15 is 0 Å². The van der Waals surface area contributed by atoms with E-state index in [-0.39, 0.29) is 18.4 Å². The van der Waals surface area contributed by atoms with Crippen LogP contribution in [-0.4, -0.2) is 42.3 Å². The van der Waals surface area contributed by atoms with Crippen LogP contribution >= 0.6 is 0 Å². The van der Waals surface area contributed by atoms with E-state index in [1.807, 2.05) is 12.1 Å². The molecule has 3 heterocycles. The molecule has 0 radical (unpaired) electrons. The van der Waals surface area contributed by atoms with Crippen LogP contribution in [0.1, 0.15) is 26.3 Å². The summed E-state index contributed by atoms with van der Waals surface area (Å²) in [4.78, 5) is 26.5. The first kappa shape index (κ1) is 14.5. The van der Waals surface area contributed by atoms with Crippen LogP contribution in [0.4, 0.5) is 0 Å². The fraction of sp³-hybridized carbons (Fsp3) is 0.0556. The molecule has 4 aromatic rings. The third-order valence-electron chi connectivity index (χ3n) is 4.44. The van der Waals surface area contributed by atoms with E-state index in [9.17, 15) is 9.59 Å². The molecule has 0 saturated heterocycles. The van der Waals surface area contributed by atoms with Crippen LogP contribution in [0.25, 0.3) is 21.9 Å². The fourth-order valence-corrected chi connectivity index (χ4v) is 3.23. The van der Waals surface area contributed by atoms with Crippen LogP contribution in [0, 0.1) is 0 Å². The van der Waals surface area contributed by atoms with Gasteiger partial charge in [-0.05, 0) is 29.5 Å². The van der Waals surface area contributed by atoms with Crippen molar-refractivity contribution >= 4 is 33.8 Å². The minimum absolute atomic E-state index is 0.0885. The summed E-state index contributed by atoms with van der Waals surface area (Å²) in [6.45, 7) is 0.0885. The summed E-state index contributed by atoms with van der Waals surface area (Å²) in [6, 6.07) is 12.2. The summed E-state index contributed by atoms with van der Waals surface area (Å²) in [5.41, 5.74) is 3.09. The van der Waals surface area contributed by atoms with Crippen molar-refractivity contribution in [3.05, 3.63) is 65.4 Å². The summed E-state index contributed by atoms with van der Waals surface area (Å²) in [5, 5.41) is 20.7. The minimum Gasteiger partial charge on any atom is -0.270 e. The van der Waals surface area contributed by atoms with E-state index in [0.29, 0.717) is 33.2 Å². The molecule has 0 spiro atoms. The molecule has 0 aliphatic carbocycles. The highest BCUT2D eigenvalue weighted by Crippen LogP contribution is 2.28. The van der Waals surface area contributed by atoms with Crippen LogP contribution in [-0.2, 0) is 6.54 Å². The van der Waals surface area contributed by atoms with Crippen molar-refractivity contribution in [3.63, 3.8) is 0 Å². The molecule has 8 heteroatoms. The highest BCUT2D eigenvalue weighted by molar-refractivity contribution is 6.21. The molecule has 0 atom stereocenters. The van der Waals surface area contributed by atoms with Crippen LogP contribution in [0.5, 0.6) is 0 Å². The number of amides is 2. The van der Waals surface area contributed by atoms with Gasteiger partial charge in [-0.1, -0.05) is 18.2 Å². The average molecular weight is 342 g/mol. The Hall–Kier alpha value is -3.81. The van der Waals surface area contributed by atoms with Gasteiger partial charge in [0, 0.05) is 17.1 Å². The molecule has 2 amide bonds. The number of imide groups is 1. The molecule has 124 valence electrons. The lowest BCUT2D eigenvalue weighted by Crippen LogP contribution is -2.29. The number of hydrogen-bond donors (Lipinski definition) is 0. The largest absolute Gasteiger partial charge is 0.270 e. The Labute approximate surface area is 146 Å². The van der Waals surface area contributed by atoms with E-state index in [1.165, 1.54) is 4.90 Å². The second-order valence-electron chi connectivity index (χ2n) is 5.93. The number of nitrogens with zero attached hydrogens (tertiary/aromatic N) is 6. The first-order valence-electron chi connectivity index (χ1n) is 7.91. The molecule has 5 rings (SSSR count). The number of hydrogen-bond acceptors (Lipinski definition) is 7. The molecule has 0 saturated carbocycles. The number of rotatable bonds is 2. The first-order chi connectivity index (χ1) is 12.7. The van der Waals surface area contributed by atoms with Crippen molar-refractivity contribution in [2.75, 3.05) is 0 Å². The van der Waals surface area contributed by atoms with Gasteiger partial charge < -0.3 is 0 Å². The topological polar surface area (TPSA) is 102 Å². The minimum atomic E-state index is -0.315. The van der Waals surface area contributed by atoms with Gasteiger partial charge in [0.2, 0.25) is 0 Å². The number of aromatic nitrogens is 5. The Bertz CT molecular complexity index is 1190. The standard InChI is InChI=1S/C18H10N6O2/c25-17-12-5-1-2-6-13(12)18(26)24(17)9-11-8-10-4-3-7-19-20-14(10)16-15(11)21-23-22-16/h1-8H,9H2. The first-order valence-corrected chi connectivity index (χ1v) is 7.91. The molecule has 0 N–H and O–H groups in total. The highest BCUT2D eigenvalue weighted by Gasteiger charge is 2.35. The normalized spacial score (nSPS) is 13.6. The lowest BCUT2D eigenvalue weighted by molar-refractivity contribution is 0.0643. The molecule has 1 aliphatic heterocycles. The van der Waals surface area contributed by atoms with Crippen molar-refractivity contribution in [1.82, 2.24) is 30.5 Å². The van der Waals surface area contributed by atoms with Crippen molar-refractivity contribution in [1.29, 1.82) is 0 Å². The van der Waals surface area contributed by atoms with E-state index in [1.54, 1.807) is 36.5 Å². The van der Waals surface area contributed by atoms with E-state index in [4.69, 9.17) is 0 Å².